The SMILES string of the molecule is CCCCC(CCC)Nc1ccccc1CNC=O. The molecule has 1 aromatic rings. The molecule has 0 aliphatic rings. The van der Waals surface area contributed by atoms with Crippen LogP contribution in [-0.4, -0.2) is 12.5 Å². The normalized spacial score (nSPS) is 11.9. The van der Waals surface area contributed by atoms with Crippen molar-refractivity contribution < 1.29 is 4.79 Å². The van der Waals surface area contributed by atoms with E-state index < -0.39 is 0 Å². The number of amides is 1. The maximum Gasteiger partial charge on any atom is 0.207 e. The van der Waals surface area contributed by atoms with Crippen LogP contribution in [0.5, 0.6) is 0 Å². The molecule has 106 valence electrons. The molecule has 0 saturated heterocycles. The minimum absolute atomic E-state index is 0.530. The van der Waals surface area contributed by atoms with Gasteiger partial charge in [0, 0.05) is 18.3 Å². The van der Waals surface area contributed by atoms with E-state index in [1.54, 1.807) is 0 Å². The molecule has 19 heavy (non-hydrogen) atoms. The number of anilines is 1. The van der Waals surface area contributed by atoms with Gasteiger partial charge in [-0.05, 0) is 24.5 Å². The molecule has 0 aliphatic carbocycles. The average molecular weight is 262 g/mol. The maximum absolute atomic E-state index is 10.4. The minimum Gasteiger partial charge on any atom is -0.382 e. The van der Waals surface area contributed by atoms with E-state index in [0.717, 1.165) is 17.7 Å². The van der Waals surface area contributed by atoms with Crippen molar-refractivity contribution in [3.8, 4) is 0 Å². The fraction of sp³-hybridized carbons (Fsp3) is 0.562. The Morgan fingerprint density at radius 2 is 1.95 bits per heavy atom. The Hall–Kier alpha value is -1.51. The van der Waals surface area contributed by atoms with Crippen LogP contribution >= 0.6 is 0 Å². The summed E-state index contributed by atoms with van der Waals surface area (Å²) in [6.45, 7) is 5.03. The van der Waals surface area contributed by atoms with Gasteiger partial charge in [0.1, 0.15) is 0 Å². The zero-order chi connectivity index (χ0) is 13.9. The number of hydrogen-bond donors (Lipinski definition) is 2. The van der Waals surface area contributed by atoms with E-state index in [2.05, 4.69) is 36.6 Å². The molecule has 3 nitrogen and oxygen atoms in total. The molecule has 3 heteroatoms. The fourth-order valence-electron chi connectivity index (χ4n) is 2.27. The van der Waals surface area contributed by atoms with E-state index in [9.17, 15) is 4.79 Å². The molecule has 0 aromatic heterocycles. The van der Waals surface area contributed by atoms with Crippen molar-refractivity contribution in [2.75, 3.05) is 5.32 Å². The molecule has 0 spiro atoms. The Balaban J connectivity index is 2.68. The predicted molar refractivity (Wildman–Crippen MR) is 81.2 cm³/mol. The summed E-state index contributed by atoms with van der Waals surface area (Å²) in [7, 11) is 0. The number of nitrogens with one attached hydrogen (secondary N) is 2. The van der Waals surface area contributed by atoms with Crippen LogP contribution < -0.4 is 10.6 Å². The van der Waals surface area contributed by atoms with E-state index in [1.807, 2.05) is 12.1 Å². The molecule has 0 radical (unpaired) electrons. The Bertz CT molecular complexity index is 366. The molecule has 0 saturated carbocycles. The van der Waals surface area contributed by atoms with Gasteiger partial charge in [-0.2, -0.15) is 0 Å². The topological polar surface area (TPSA) is 41.1 Å². The van der Waals surface area contributed by atoms with Crippen LogP contribution in [-0.2, 0) is 11.3 Å². The fourth-order valence-corrected chi connectivity index (χ4v) is 2.27. The van der Waals surface area contributed by atoms with Crippen molar-refractivity contribution in [1.29, 1.82) is 0 Å². The Kier molecular flexibility index (Phi) is 7.71. The summed E-state index contributed by atoms with van der Waals surface area (Å²) >= 11 is 0. The lowest BCUT2D eigenvalue weighted by Gasteiger charge is -2.21. The number of carbonyl (C=O) groups excluding carboxylic acids is 1. The summed E-state index contributed by atoms with van der Waals surface area (Å²) in [5, 5.41) is 6.37. The third kappa shape index (κ3) is 5.77. The molecule has 1 unspecified atom stereocenters. The summed E-state index contributed by atoms with van der Waals surface area (Å²) in [4.78, 5) is 10.4. The second kappa shape index (κ2) is 9.42. The van der Waals surface area contributed by atoms with E-state index in [4.69, 9.17) is 0 Å². The summed E-state index contributed by atoms with van der Waals surface area (Å²) < 4.78 is 0. The van der Waals surface area contributed by atoms with Crippen molar-refractivity contribution in [2.45, 2.75) is 58.5 Å². The first-order valence-corrected chi connectivity index (χ1v) is 7.33. The van der Waals surface area contributed by atoms with Crippen molar-refractivity contribution >= 4 is 12.1 Å². The third-order valence-electron chi connectivity index (χ3n) is 3.30. The number of hydrogen-bond acceptors (Lipinski definition) is 2. The Morgan fingerprint density at radius 3 is 2.63 bits per heavy atom. The van der Waals surface area contributed by atoms with Gasteiger partial charge in [0.25, 0.3) is 0 Å². The second-order valence-electron chi connectivity index (χ2n) is 4.93. The van der Waals surface area contributed by atoms with Gasteiger partial charge in [0.2, 0.25) is 6.41 Å². The molecular formula is C16H26N2O. The van der Waals surface area contributed by atoms with Crippen LogP contribution in [0.3, 0.4) is 0 Å². The third-order valence-corrected chi connectivity index (χ3v) is 3.30. The highest BCUT2D eigenvalue weighted by molar-refractivity contribution is 5.54. The molecule has 0 fully saturated rings. The van der Waals surface area contributed by atoms with E-state index in [0.29, 0.717) is 12.6 Å². The van der Waals surface area contributed by atoms with E-state index >= 15 is 0 Å². The lowest BCUT2D eigenvalue weighted by atomic mass is 10.0. The van der Waals surface area contributed by atoms with Gasteiger partial charge in [0.05, 0.1) is 0 Å². The summed E-state index contributed by atoms with van der Waals surface area (Å²) in [6, 6.07) is 8.73. The molecule has 2 N–H and O–H groups in total. The molecule has 1 amide bonds. The van der Waals surface area contributed by atoms with Crippen LogP contribution in [0.4, 0.5) is 5.69 Å². The van der Waals surface area contributed by atoms with E-state index in [-0.39, 0.29) is 0 Å². The van der Waals surface area contributed by atoms with Gasteiger partial charge in [-0.25, -0.2) is 0 Å². The number of carbonyl (C=O) groups is 1. The summed E-state index contributed by atoms with van der Waals surface area (Å²) in [5.41, 5.74) is 2.29. The molecule has 0 heterocycles. The molecule has 1 aromatic carbocycles. The Morgan fingerprint density at radius 1 is 1.16 bits per heavy atom. The van der Waals surface area contributed by atoms with Crippen molar-refractivity contribution in [3.63, 3.8) is 0 Å². The molecule has 0 aliphatic heterocycles. The van der Waals surface area contributed by atoms with Crippen molar-refractivity contribution in [2.24, 2.45) is 0 Å². The number of benzene rings is 1. The van der Waals surface area contributed by atoms with Gasteiger partial charge in [-0.15, -0.1) is 0 Å². The predicted octanol–water partition coefficient (Wildman–Crippen LogP) is 3.70. The van der Waals surface area contributed by atoms with Crippen molar-refractivity contribution in [3.05, 3.63) is 29.8 Å². The monoisotopic (exact) mass is 262 g/mol. The van der Waals surface area contributed by atoms with Crippen LogP contribution in [0.15, 0.2) is 24.3 Å². The van der Waals surface area contributed by atoms with Crippen LogP contribution in [0.2, 0.25) is 0 Å². The first-order valence-electron chi connectivity index (χ1n) is 7.33. The number of unbranched alkanes of at least 4 members (excludes halogenated alkanes) is 1. The van der Waals surface area contributed by atoms with Crippen LogP contribution in [0.1, 0.15) is 51.5 Å². The maximum atomic E-state index is 10.4. The molecular weight excluding hydrogens is 236 g/mol. The standard InChI is InChI=1S/C16H26N2O/c1-3-5-10-15(8-4-2)18-16-11-7-6-9-14(16)12-17-13-19/h6-7,9,11,13,15,18H,3-5,8,10,12H2,1-2H3,(H,17,19). The van der Waals surface area contributed by atoms with Gasteiger partial charge < -0.3 is 10.6 Å². The molecule has 0 bridgehead atoms. The zero-order valence-electron chi connectivity index (χ0n) is 12.1. The largest absolute Gasteiger partial charge is 0.382 e. The number of para-hydroxylation sites is 1. The van der Waals surface area contributed by atoms with E-state index in [1.165, 1.54) is 32.1 Å². The highest BCUT2D eigenvalue weighted by Gasteiger charge is 2.09. The highest BCUT2D eigenvalue weighted by Crippen LogP contribution is 2.19. The van der Waals surface area contributed by atoms with Gasteiger partial charge in [-0.1, -0.05) is 51.3 Å². The quantitative estimate of drug-likeness (QED) is 0.631. The summed E-state index contributed by atoms with van der Waals surface area (Å²) in [6.07, 6.45) is 6.82. The van der Waals surface area contributed by atoms with Gasteiger partial charge >= 0.3 is 0 Å². The van der Waals surface area contributed by atoms with Gasteiger partial charge in [0.15, 0.2) is 0 Å². The molecule has 1 atom stereocenters. The van der Waals surface area contributed by atoms with Crippen LogP contribution in [0.25, 0.3) is 0 Å². The average Bonchev–Trinajstić information content (AvgIpc) is 2.44. The highest BCUT2D eigenvalue weighted by atomic mass is 16.1. The van der Waals surface area contributed by atoms with Crippen LogP contribution in [0, 0.1) is 0 Å². The lowest BCUT2D eigenvalue weighted by Crippen LogP contribution is -2.21. The number of rotatable bonds is 10. The van der Waals surface area contributed by atoms with Crippen molar-refractivity contribution in [1.82, 2.24) is 5.32 Å². The minimum atomic E-state index is 0.530. The second-order valence-corrected chi connectivity index (χ2v) is 4.93. The smallest absolute Gasteiger partial charge is 0.207 e. The zero-order valence-corrected chi connectivity index (χ0v) is 12.1. The first-order chi connectivity index (χ1) is 9.31. The lowest BCUT2D eigenvalue weighted by molar-refractivity contribution is -0.109. The Labute approximate surface area is 116 Å². The molecule has 1 rings (SSSR count). The first kappa shape index (κ1) is 15.5. The summed E-state index contributed by atoms with van der Waals surface area (Å²) in [5.74, 6) is 0. The van der Waals surface area contributed by atoms with Gasteiger partial charge in [-0.3, -0.25) is 4.79 Å².